The second-order valence-electron chi connectivity index (χ2n) is 3.18. The van der Waals surface area contributed by atoms with Crippen LogP contribution >= 0.6 is 11.6 Å². The number of aliphatic hydroxyl groups excluding tert-OH is 1. The minimum atomic E-state index is -4.43. The number of aromatic nitrogens is 2. The summed E-state index contributed by atoms with van der Waals surface area (Å²) in [5, 5.41) is 8.52. The molecule has 0 aromatic carbocycles. The van der Waals surface area contributed by atoms with Crippen molar-refractivity contribution in [1.82, 2.24) is 9.97 Å². The van der Waals surface area contributed by atoms with E-state index in [-0.39, 0.29) is 23.3 Å². The molecule has 0 aliphatic carbocycles. The molecule has 0 aliphatic rings. The lowest BCUT2D eigenvalue weighted by Gasteiger charge is -2.24. The van der Waals surface area contributed by atoms with E-state index in [0.29, 0.717) is 0 Å². The Hall–Kier alpha value is -1.28. The van der Waals surface area contributed by atoms with Crippen LogP contribution in [0.1, 0.15) is 0 Å². The monoisotopic (exact) mass is 270 g/mol. The first kappa shape index (κ1) is 13.8. The van der Waals surface area contributed by atoms with Gasteiger partial charge in [0.1, 0.15) is 6.54 Å². The summed E-state index contributed by atoms with van der Waals surface area (Å²) < 4.78 is 36.9. The number of halogens is 4. The number of nitrogens with zero attached hydrogens (tertiary/aromatic N) is 3. The summed E-state index contributed by atoms with van der Waals surface area (Å²) in [7, 11) is 0. The molecule has 0 amide bonds. The van der Waals surface area contributed by atoms with Crippen molar-refractivity contribution >= 4 is 23.1 Å². The van der Waals surface area contributed by atoms with Gasteiger partial charge in [0.15, 0.2) is 5.82 Å². The van der Waals surface area contributed by atoms with Gasteiger partial charge in [-0.25, -0.2) is 4.98 Å². The van der Waals surface area contributed by atoms with Gasteiger partial charge in [-0.3, -0.25) is 0 Å². The van der Waals surface area contributed by atoms with Crippen LogP contribution in [-0.2, 0) is 0 Å². The average Bonchev–Trinajstić information content (AvgIpc) is 2.19. The molecule has 0 saturated carbocycles. The van der Waals surface area contributed by atoms with Crippen molar-refractivity contribution in [3.05, 3.63) is 11.5 Å². The number of aliphatic hydroxyl groups is 1. The Balaban J connectivity index is 3.00. The zero-order valence-electron chi connectivity index (χ0n) is 8.58. The van der Waals surface area contributed by atoms with Crippen molar-refractivity contribution < 1.29 is 18.3 Å². The van der Waals surface area contributed by atoms with E-state index in [1.165, 1.54) is 0 Å². The van der Waals surface area contributed by atoms with Crippen LogP contribution in [0.15, 0.2) is 6.20 Å². The summed E-state index contributed by atoms with van der Waals surface area (Å²) in [5.74, 6) is -0.142. The van der Waals surface area contributed by atoms with E-state index < -0.39 is 19.3 Å². The fraction of sp³-hybridized carbons (Fsp3) is 0.500. The summed E-state index contributed by atoms with van der Waals surface area (Å²) in [6, 6.07) is 0. The van der Waals surface area contributed by atoms with Gasteiger partial charge in [0.25, 0.3) is 0 Å². The maximum absolute atomic E-state index is 12.3. The molecule has 1 aromatic heterocycles. The van der Waals surface area contributed by atoms with E-state index >= 15 is 0 Å². The number of nitrogens with two attached hydrogens (primary N) is 1. The summed E-state index contributed by atoms with van der Waals surface area (Å²) in [6.07, 6.45) is -3.32. The molecule has 9 heteroatoms. The van der Waals surface area contributed by atoms with Crippen molar-refractivity contribution in [3.8, 4) is 0 Å². The highest BCUT2D eigenvalue weighted by atomic mass is 35.5. The van der Waals surface area contributed by atoms with Crippen LogP contribution in [0.4, 0.5) is 24.7 Å². The van der Waals surface area contributed by atoms with Crippen LogP contribution in [0.5, 0.6) is 0 Å². The molecular weight excluding hydrogens is 261 g/mol. The van der Waals surface area contributed by atoms with Gasteiger partial charge in [0, 0.05) is 6.54 Å². The zero-order valence-corrected chi connectivity index (χ0v) is 9.33. The number of alkyl halides is 3. The van der Waals surface area contributed by atoms with E-state index in [1.807, 2.05) is 0 Å². The quantitative estimate of drug-likeness (QED) is 0.801. The molecule has 0 radical (unpaired) electrons. The maximum Gasteiger partial charge on any atom is 0.405 e. The highest BCUT2D eigenvalue weighted by molar-refractivity contribution is 6.28. The van der Waals surface area contributed by atoms with E-state index in [0.717, 1.165) is 11.1 Å². The fourth-order valence-corrected chi connectivity index (χ4v) is 1.34. The Kier molecular flexibility index (Phi) is 4.35. The predicted octanol–water partition coefficient (Wildman–Crippen LogP) is 1.07. The molecule has 0 bridgehead atoms. The van der Waals surface area contributed by atoms with Gasteiger partial charge in [0.05, 0.1) is 18.5 Å². The SMILES string of the molecule is Nc1cnc(Cl)nc1N(CCO)CC(F)(F)F. The molecule has 0 spiro atoms. The molecule has 5 nitrogen and oxygen atoms in total. The van der Waals surface area contributed by atoms with Gasteiger partial charge in [-0.05, 0) is 11.6 Å². The summed E-state index contributed by atoms with van der Waals surface area (Å²) in [5.41, 5.74) is 5.43. The van der Waals surface area contributed by atoms with Gasteiger partial charge >= 0.3 is 6.18 Å². The van der Waals surface area contributed by atoms with Crippen LogP contribution in [0, 0.1) is 0 Å². The minimum absolute atomic E-state index is 0.0351. The summed E-state index contributed by atoms with van der Waals surface area (Å²) in [6.45, 7) is -1.99. The summed E-state index contributed by atoms with van der Waals surface area (Å²) in [4.78, 5) is 7.95. The molecule has 96 valence electrons. The molecule has 1 aromatic rings. The van der Waals surface area contributed by atoms with Crippen molar-refractivity contribution in [3.63, 3.8) is 0 Å². The Morgan fingerprint density at radius 2 is 2.12 bits per heavy atom. The molecule has 17 heavy (non-hydrogen) atoms. The van der Waals surface area contributed by atoms with E-state index in [1.54, 1.807) is 0 Å². The number of nitrogen functional groups attached to an aromatic ring is 1. The van der Waals surface area contributed by atoms with Crippen LogP contribution in [-0.4, -0.2) is 40.9 Å². The Morgan fingerprint density at radius 3 is 2.65 bits per heavy atom. The topological polar surface area (TPSA) is 75.3 Å². The molecule has 0 unspecified atom stereocenters. The molecule has 3 N–H and O–H groups in total. The highest BCUT2D eigenvalue weighted by Gasteiger charge is 2.32. The Morgan fingerprint density at radius 1 is 1.47 bits per heavy atom. The predicted molar refractivity (Wildman–Crippen MR) is 56.8 cm³/mol. The minimum Gasteiger partial charge on any atom is -0.395 e. The van der Waals surface area contributed by atoms with E-state index in [4.69, 9.17) is 22.4 Å². The lowest BCUT2D eigenvalue weighted by molar-refractivity contribution is -0.119. The molecule has 0 aliphatic heterocycles. The standard InChI is InChI=1S/C8H10ClF3N4O/c9-7-14-3-5(13)6(15-7)16(1-2-17)4-8(10,11)12/h3,17H,1-2,4,13H2. The van der Waals surface area contributed by atoms with Crippen molar-refractivity contribution in [2.45, 2.75) is 6.18 Å². The third kappa shape index (κ3) is 4.23. The van der Waals surface area contributed by atoms with Crippen LogP contribution in [0.2, 0.25) is 5.28 Å². The van der Waals surface area contributed by atoms with Gasteiger partial charge in [-0.2, -0.15) is 18.2 Å². The number of hydrogen-bond acceptors (Lipinski definition) is 5. The largest absolute Gasteiger partial charge is 0.405 e. The zero-order chi connectivity index (χ0) is 13.1. The summed E-state index contributed by atoms with van der Waals surface area (Å²) >= 11 is 5.48. The van der Waals surface area contributed by atoms with Crippen molar-refractivity contribution in [2.24, 2.45) is 0 Å². The van der Waals surface area contributed by atoms with Crippen LogP contribution in [0.25, 0.3) is 0 Å². The van der Waals surface area contributed by atoms with Gasteiger partial charge in [-0.1, -0.05) is 0 Å². The van der Waals surface area contributed by atoms with Crippen LogP contribution in [0.3, 0.4) is 0 Å². The molecule has 0 fully saturated rings. The van der Waals surface area contributed by atoms with E-state index in [2.05, 4.69) is 9.97 Å². The van der Waals surface area contributed by atoms with E-state index in [9.17, 15) is 13.2 Å². The Bertz CT molecular complexity index is 388. The molecule has 0 atom stereocenters. The third-order valence-corrected chi connectivity index (χ3v) is 1.99. The first-order chi connectivity index (χ1) is 7.83. The van der Waals surface area contributed by atoms with Crippen molar-refractivity contribution in [2.75, 3.05) is 30.3 Å². The smallest absolute Gasteiger partial charge is 0.395 e. The first-order valence-corrected chi connectivity index (χ1v) is 4.92. The third-order valence-electron chi connectivity index (χ3n) is 1.81. The second kappa shape index (κ2) is 5.37. The lowest BCUT2D eigenvalue weighted by Crippen LogP contribution is -2.37. The fourth-order valence-electron chi connectivity index (χ4n) is 1.21. The normalized spacial score (nSPS) is 11.6. The number of rotatable bonds is 4. The number of hydrogen-bond donors (Lipinski definition) is 2. The average molecular weight is 271 g/mol. The highest BCUT2D eigenvalue weighted by Crippen LogP contribution is 2.25. The van der Waals surface area contributed by atoms with Gasteiger partial charge in [-0.15, -0.1) is 0 Å². The Labute approximate surface area is 100 Å². The lowest BCUT2D eigenvalue weighted by atomic mass is 10.4. The van der Waals surface area contributed by atoms with Crippen molar-refractivity contribution in [1.29, 1.82) is 0 Å². The van der Waals surface area contributed by atoms with Gasteiger partial charge in [0.2, 0.25) is 5.28 Å². The molecule has 1 rings (SSSR count). The first-order valence-electron chi connectivity index (χ1n) is 4.54. The molecule has 0 saturated heterocycles. The molecule has 1 heterocycles. The number of anilines is 2. The maximum atomic E-state index is 12.3. The second-order valence-corrected chi connectivity index (χ2v) is 3.52. The van der Waals surface area contributed by atoms with Gasteiger partial charge < -0.3 is 15.7 Å². The van der Waals surface area contributed by atoms with Crippen LogP contribution < -0.4 is 10.6 Å². The molecular formula is C8H10ClF3N4O.